The molecule has 0 heterocycles. The Labute approximate surface area is 247 Å². The fraction of sp³-hybridized carbons (Fsp3) is 0.941. The number of carbonyl (C=O) groups excluding carboxylic acids is 2. The third-order valence-electron chi connectivity index (χ3n) is 9.98. The normalized spacial score (nSPS) is 30.8. The second-order valence-electron chi connectivity index (χ2n) is 17.3. The minimum absolute atomic E-state index is 0.0277. The van der Waals surface area contributed by atoms with Crippen LogP contribution >= 0.6 is 0 Å². The lowest BCUT2D eigenvalue weighted by Crippen LogP contribution is -2.56. The van der Waals surface area contributed by atoms with Gasteiger partial charge in [0.25, 0.3) is 0 Å². The molecule has 0 aromatic carbocycles. The van der Waals surface area contributed by atoms with Crippen LogP contribution in [0.2, 0.25) is 0 Å². The highest BCUT2D eigenvalue weighted by molar-refractivity contribution is 5.93. The highest BCUT2D eigenvalue weighted by Crippen LogP contribution is 2.50. The minimum Gasteiger partial charge on any atom is -0.337 e. The van der Waals surface area contributed by atoms with Crippen molar-refractivity contribution >= 4 is 12.1 Å². The molecular weight excluding hydrogens is 496 g/mol. The van der Waals surface area contributed by atoms with Crippen molar-refractivity contribution in [1.82, 2.24) is 15.5 Å². The predicted molar refractivity (Wildman–Crippen MR) is 169 cm³/mol. The van der Waals surface area contributed by atoms with Crippen LogP contribution in [0.25, 0.3) is 0 Å². The van der Waals surface area contributed by atoms with Crippen LogP contribution < -0.4 is 16.4 Å². The van der Waals surface area contributed by atoms with Gasteiger partial charge in [-0.1, -0.05) is 89.0 Å². The summed E-state index contributed by atoms with van der Waals surface area (Å²) in [6, 6.07) is -0.534. The zero-order chi connectivity index (χ0) is 30.6. The summed E-state index contributed by atoms with van der Waals surface area (Å²) in [7, 11) is 0. The number of rotatable bonds is 11. The third-order valence-corrected chi connectivity index (χ3v) is 9.98. The molecule has 0 aromatic heterocycles. The van der Waals surface area contributed by atoms with E-state index < -0.39 is 0 Å². The fourth-order valence-corrected chi connectivity index (χ4v) is 8.98. The van der Waals surface area contributed by atoms with Crippen LogP contribution in [0.5, 0.6) is 0 Å². The van der Waals surface area contributed by atoms with Crippen molar-refractivity contribution in [2.75, 3.05) is 26.2 Å². The van der Waals surface area contributed by atoms with E-state index >= 15 is 0 Å². The molecular formula is C34H66N4O2. The topological polar surface area (TPSA) is 87.5 Å². The first kappa shape index (κ1) is 34.9. The van der Waals surface area contributed by atoms with Gasteiger partial charge in [0.1, 0.15) is 0 Å². The number of hydrogen-bond donors (Lipinski definition) is 3. The van der Waals surface area contributed by atoms with Crippen molar-refractivity contribution in [3.63, 3.8) is 0 Å². The Hall–Kier alpha value is -1.30. The Morgan fingerprint density at radius 3 is 1.95 bits per heavy atom. The van der Waals surface area contributed by atoms with Gasteiger partial charge >= 0.3 is 12.1 Å². The summed E-state index contributed by atoms with van der Waals surface area (Å²) in [6.07, 6.45) is 9.77. The molecule has 5 atom stereocenters. The molecule has 5 unspecified atom stereocenters. The van der Waals surface area contributed by atoms with E-state index in [0.29, 0.717) is 43.9 Å². The standard InChI is InChI=1S/C34H66N4O2/c1-12-25(3)14-32(8,9)22-36-28(39)38(24-34(11)18-27(19-35)16-31(6,7)21-34)29(40)37-23-33(10)17-26(13-2)15-30(4,5)20-33/h25-27H,12-24,35H2,1-11H3,(H,36,39)(H,37,40). The number of nitrogens with one attached hydrogen (secondary N) is 2. The number of urea groups is 2. The summed E-state index contributed by atoms with van der Waals surface area (Å²) in [5.74, 6) is 1.68. The number of carbonyl (C=O) groups is 2. The van der Waals surface area contributed by atoms with E-state index in [2.05, 4.69) is 86.8 Å². The average Bonchev–Trinajstić information content (AvgIpc) is 2.81. The molecule has 0 saturated heterocycles. The molecule has 4 amide bonds. The second-order valence-corrected chi connectivity index (χ2v) is 17.3. The molecule has 2 aliphatic rings. The van der Waals surface area contributed by atoms with Crippen molar-refractivity contribution in [1.29, 1.82) is 0 Å². The zero-order valence-corrected chi connectivity index (χ0v) is 28.3. The maximum absolute atomic E-state index is 13.9. The van der Waals surface area contributed by atoms with Crippen LogP contribution in [0, 0.1) is 44.8 Å². The molecule has 0 radical (unpaired) electrons. The Morgan fingerprint density at radius 1 is 0.875 bits per heavy atom. The van der Waals surface area contributed by atoms with Crippen LogP contribution in [0.4, 0.5) is 9.59 Å². The minimum atomic E-state index is -0.274. The summed E-state index contributed by atoms with van der Waals surface area (Å²) in [5.41, 5.74) is 6.37. The highest BCUT2D eigenvalue weighted by atomic mass is 16.2. The van der Waals surface area contributed by atoms with E-state index in [0.717, 1.165) is 44.9 Å². The molecule has 40 heavy (non-hydrogen) atoms. The Balaban J connectivity index is 2.23. The van der Waals surface area contributed by atoms with E-state index in [-0.39, 0.29) is 39.1 Å². The lowest BCUT2D eigenvalue weighted by Gasteiger charge is -2.48. The van der Waals surface area contributed by atoms with Crippen LogP contribution in [-0.2, 0) is 0 Å². The molecule has 6 heteroatoms. The molecule has 4 N–H and O–H groups in total. The average molecular weight is 563 g/mol. The Morgan fingerprint density at radius 2 is 1.40 bits per heavy atom. The number of nitrogens with zero attached hydrogens (tertiary/aromatic N) is 1. The maximum Gasteiger partial charge on any atom is 0.325 e. The van der Waals surface area contributed by atoms with Crippen molar-refractivity contribution < 1.29 is 9.59 Å². The van der Waals surface area contributed by atoms with Gasteiger partial charge in [0, 0.05) is 19.6 Å². The molecule has 2 saturated carbocycles. The van der Waals surface area contributed by atoms with Gasteiger partial charge in [0.05, 0.1) is 0 Å². The monoisotopic (exact) mass is 563 g/mol. The lowest BCUT2D eigenvalue weighted by molar-refractivity contribution is 0.0373. The molecule has 6 nitrogen and oxygen atoms in total. The van der Waals surface area contributed by atoms with Gasteiger partial charge in [-0.3, -0.25) is 0 Å². The smallest absolute Gasteiger partial charge is 0.325 e. The summed E-state index contributed by atoms with van der Waals surface area (Å²) in [5, 5.41) is 6.41. The van der Waals surface area contributed by atoms with Crippen LogP contribution in [0.3, 0.4) is 0 Å². The van der Waals surface area contributed by atoms with E-state index in [1.165, 1.54) is 17.7 Å². The van der Waals surface area contributed by atoms with Crippen molar-refractivity contribution in [2.45, 2.75) is 134 Å². The van der Waals surface area contributed by atoms with Gasteiger partial charge in [-0.25, -0.2) is 14.5 Å². The zero-order valence-electron chi connectivity index (χ0n) is 28.3. The predicted octanol–water partition coefficient (Wildman–Crippen LogP) is 8.20. The number of amides is 4. The van der Waals surface area contributed by atoms with Crippen molar-refractivity contribution in [3.05, 3.63) is 0 Å². The summed E-state index contributed by atoms with van der Waals surface area (Å²) in [4.78, 5) is 29.2. The SMILES string of the molecule is CCC(C)CC(C)(C)CNC(=O)N(CC1(C)CC(CN)CC(C)(C)C1)C(=O)NCC1(C)CC(CC)CC(C)(C)C1. The highest BCUT2D eigenvalue weighted by Gasteiger charge is 2.44. The van der Waals surface area contributed by atoms with E-state index in [4.69, 9.17) is 5.73 Å². The van der Waals surface area contributed by atoms with Crippen LogP contribution in [0.15, 0.2) is 0 Å². The first-order valence-electron chi connectivity index (χ1n) is 16.3. The van der Waals surface area contributed by atoms with Gasteiger partial charge in [-0.15, -0.1) is 0 Å². The molecule has 234 valence electrons. The van der Waals surface area contributed by atoms with Crippen molar-refractivity contribution in [2.24, 2.45) is 50.6 Å². The third kappa shape index (κ3) is 10.5. The number of imide groups is 1. The summed E-state index contributed by atoms with van der Waals surface area (Å²) in [6.45, 7) is 27.2. The summed E-state index contributed by atoms with van der Waals surface area (Å²) >= 11 is 0. The molecule has 2 aliphatic carbocycles. The Kier molecular flexibility index (Phi) is 11.6. The first-order chi connectivity index (χ1) is 18.3. The number of hydrogen-bond acceptors (Lipinski definition) is 3. The molecule has 0 aliphatic heterocycles. The largest absolute Gasteiger partial charge is 0.337 e. The maximum atomic E-state index is 13.9. The first-order valence-corrected chi connectivity index (χ1v) is 16.3. The van der Waals surface area contributed by atoms with Crippen LogP contribution in [-0.4, -0.2) is 43.1 Å². The molecule has 2 rings (SSSR count). The molecule has 0 aromatic rings. The van der Waals surface area contributed by atoms with Crippen LogP contribution in [0.1, 0.15) is 134 Å². The molecule has 0 bridgehead atoms. The fourth-order valence-electron chi connectivity index (χ4n) is 8.98. The van der Waals surface area contributed by atoms with E-state index in [9.17, 15) is 9.59 Å². The van der Waals surface area contributed by atoms with Gasteiger partial charge in [-0.05, 0) is 96.3 Å². The molecule has 2 fully saturated rings. The molecule has 0 spiro atoms. The number of nitrogens with two attached hydrogens (primary N) is 1. The second kappa shape index (κ2) is 13.3. The van der Waals surface area contributed by atoms with Gasteiger partial charge in [-0.2, -0.15) is 0 Å². The quantitative estimate of drug-likeness (QED) is 0.237. The van der Waals surface area contributed by atoms with E-state index in [1.54, 1.807) is 0 Å². The van der Waals surface area contributed by atoms with E-state index in [1.807, 2.05) is 0 Å². The van der Waals surface area contributed by atoms with Crippen molar-refractivity contribution in [3.8, 4) is 0 Å². The lowest BCUT2D eigenvalue weighted by atomic mass is 9.60. The summed E-state index contributed by atoms with van der Waals surface area (Å²) < 4.78 is 0. The Bertz CT molecular complexity index is 853. The van der Waals surface area contributed by atoms with Gasteiger partial charge < -0.3 is 16.4 Å². The van der Waals surface area contributed by atoms with Gasteiger partial charge in [0.2, 0.25) is 0 Å². The van der Waals surface area contributed by atoms with Gasteiger partial charge in [0.15, 0.2) is 0 Å².